The number of alkyl halides is 3. The molecular weight excluding hydrogens is 227 g/mol. The van der Waals surface area contributed by atoms with Crippen LogP contribution in [-0.4, -0.2) is 35.2 Å². The van der Waals surface area contributed by atoms with Crippen molar-refractivity contribution >= 4 is 18.0 Å². The SMILES string of the molecule is CSc1nccc(/C=N/CC(F)(F)F)n1. The van der Waals surface area contributed by atoms with Gasteiger partial charge in [-0.25, -0.2) is 9.97 Å². The van der Waals surface area contributed by atoms with E-state index < -0.39 is 12.7 Å². The van der Waals surface area contributed by atoms with Crippen LogP contribution >= 0.6 is 11.8 Å². The number of aliphatic imine (C=N–C) groups is 1. The second-order valence-electron chi connectivity index (χ2n) is 2.55. The van der Waals surface area contributed by atoms with Crippen molar-refractivity contribution in [1.82, 2.24) is 9.97 Å². The van der Waals surface area contributed by atoms with Crippen molar-refractivity contribution < 1.29 is 13.2 Å². The van der Waals surface area contributed by atoms with Gasteiger partial charge in [-0.2, -0.15) is 13.2 Å². The summed E-state index contributed by atoms with van der Waals surface area (Å²) < 4.78 is 35.3. The Morgan fingerprint density at radius 3 is 2.87 bits per heavy atom. The standard InChI is InChI=1S/C8H8F3N3S/c1-15-7-13-3-2-6(14-7)4-12-5-8(9,10)11/h2-4H,5H2,1H3/b12-4+. The van der Waals surface area contributed by atoms with Crippen LogP contribution in [0.15, 0.2) is 22.4 Å². The van der Waals surface area contributed by atoms with E-state index in [4.69, 9.17) is 0 Å². The Bertz CT molecular complexity index is 351. The molecule has 0 unspecified atom stereocenters. The molecule has 0 bridgehead atoms. The van der Waals surface area contributed by atoms with E-state index in [0.717, 1.165) is 6.21 Å². The van der Waals surface area contributed by atoms with Crippen molar-refractivity contribution in [1.29, 1.82) is 0 Å². The maximum Gasteiger partial charge on any atom is 0.407 e. The molecule has 0 radical (unpaired) electrons. The molecule has 0 aliphatic carbocycles. The fraction of sp³-hybridized carbons (Fsp3) is 0.375. The van der Waals surface area contributed by atoms with Gasteiger partial charge in [0.1, 0.15) is 6.54 Å². The Kier molecular flexibility index (Phi) is 4.07. The van der Waals surface area contributed by atoms with Crippen molar-refractivity contribution in [2.24, 2.45) is 4.99 Å². The molecule has 15 heavy (non-hydrogen) atoms. The molecule has 0 aromatic carbocycles. The monoisotopic (exact) mass is 235 g/mol. The zero-order valence-corrected chi connectivity index (χ0v) is 8.64. The molecule has 0 atom stereocenters. The van der Waals surface area contributed by atoms with Gasteiger partial charge in [0.05, 0.1) is 5.69 Å². The molecule has 1 rings (SSSR count). The van der Waals surface area contributed by atoms with Crippen LogP contribution in [0.2, 0.25) is 0 Å². The second kappa shape index (κ2) is 5.11. The van der Waals surface area contributed by atoms with Gasteiger partial charge in [0, 0.05) is 12.4 Å². The van der Waals surface area contributed by atoms with E-state index in [1.54, 1.807) is 6.26 Å². The summed E-state index contributed by atoms with van der Waals surface area (Å²) in [7, 11) is 0. The summed E-state index contributed by atoms with van der Waals surface area (Å²) in [5.74, 6) is 0. The highest BCUT2D eigenvalue weighted by Gasteiger charge is 2.25. The average Bonchev–Trinajstić information content (AvgIpc) is 2.16. The Hall–Kier alpha value is -1.11. The molecule has 0 aliphatic heterocycles. The molecular formula is C8H8F3N3S. The van der Waals surface area contributed by atoms with Gasteiger partial charge >= 0.3 is 6.18 Å². The maximum absolute atomic E-state index is 11.8. The van der Waals surface area contributed by atoms with Crippen LogP contribution in [-0.2, 0) is 0 Å². The van der Waals surface area contributed by atoms with Crippen LogP contribution in [0.3, 0.4) is 0 Å². The molecule has 0 spiro atoms. The van der Waals surface area contributed by atoms with Gasteiger partial charge in [-0.3, -0.25) is 4.99 Å². The number of hydrogen-bond acceptors (Lipinski definition) is 4. The van der Waals surface area contributed by atoms with Gasteiger partial charge in [0.15, 0.2) is 5.16 Å². The van der Waals surface area contributed by atoms with Crippen LogP contribution < -0.4 is 0 Å². The van der Waals surface area contributed by atoms with Gasteiger partial charge in [0.25, 0.3) is 0 Å². The number of rotatable bonds is 3. The van der Waals surface area contributed by atoms with Gasteiger partial charge in [-0.15, -0.1) is 0 Å². The molecule has 1 heterocycles. The minimum Gasteiger partial charge on any atom is -0.281 e. The number of thioether (sulfide) groups is 1. The van der Waals surface area contributed by atoms with Crippen molar-refractivity contribution in [3.63, 3.8) is 0 Å². The van der Waals surface area contributed by atoms with Gasteiger partial charge in [0.2, 0.25) is 0 Å². The highest BCUT2D eigenvalue weighted by molar-refractivity contribution is 7.98. The maximum atomic E-state index is 11.8. The summed E-state index contributed by atoms with van der Waals surface area (Å²) >= 11 is 1.32. The van der Waals surface area contributed by atoms with Gasteiger partial charge < -0.3 is 0 Å². The van der Waals surface area contributed by atoms with Crippen molar-refractivity contribution in [2.45, 2.75) is 11.3 Å². The summed E-state index contributed by atoms with van der Waals surface area (Å²) in [6, 6.07) is 1.50. The molecule has 1 aromatic rings. The minimum atomic E-state index is -4.27. The van der Waals surface area contributed by atoms with Gasteiger partial charge in [-0.05, 0) is 12.3 Å². The fourth-order valence-corrected chi connectivity index (χ4v) is 1.13. The largest absolute Gasteiger partial charge is 0.407 e. The lowest BCUT2D eigenvalue weighted by atomic mass is 10.4. The van der Waals surface area contributed by atoms with E-state index in [-0.39, 0.29) is 0 Å². The van der Waals surface area contributed by atoms with Crippen LogP contribution in [0.5, 0.6) is 0 Å². The lowest BCUT2D eigenvalue weighted by molar-refractivity contribution is -0.118. The van der Waals surface area contributed by atoms with Crippen LogP contribution in [0.1, 0.15) is 5.69 Å². The molecule has 1 aromatic heterocycles. The average molecular weight is 235 g/mol. The summed E-state index contributed by atoms with van der Waals surface area (Å²) in [6.07, 6.45) is 0.0838. The topological polar surface area (TPSA) is 38.1 Å². The second-order valence-corrected chi connectivity index (χ2v) is 3.33. The quantitative estimate of drug-likeness (QED) is 0.458. The first-order valence-corrected chi connectivity index (χ1v) is 5.17. The van der Waals surface area contributed by atoms with E-state index in [9.17, 15) is 13.2 Å². The number of nitrogens with zero attached hydrogens (tertiary/aromatic N) is 3. The third-order valence-electron chi connectivity index (χ3n) is 1.33. The third kappa shape index (κ3) is 4.78. The zero-order chi connectivity index (χ0) is 11.3. The van der Waals surface area contributed by atoms with Crippen LogP contribution in [0, 0.1) is 0 Å². The smallest absolute Gasteiger partial charge is 0.281 e. The van der Waals surface area contributed by atoms with E-state index in [0.29, 0.717) is 10.9 Å². The normalized spacial score (nSPS) is 12.3. The summed E-state index contributed by atoms with van der Waals surface area (Å²) in [4.78, 5) is 11.1. The molecule has 0 fully saturated rings. The van der Waals surface area contributed by atoms with Crippen molar-refractivity contribution in [2.75, 3.05) is 12.8 Å². The first-order valence-electron chi connectivity index (χ1n) is 3.95. The minimum absolute atomic E-state index is 0.374. The summed E-state index contributed by atoms with van der Waals surface area (Å²) in [6.45, 7) is -1.19. The first kappa shape index (κ1) is 12.0. The molecule has 7 heteroatoms. The van der Waals surface area contributed by atoms with Crippen LogP contribution in [0.25, 0.3) is 0 Å². The Morgan fingerprint density at radius 2 is 2.27 bits per heavy atom. The van der Waals surface area contributed by atoms with E-state index >= 15 is 0 Å². The molecule has 0 amide bonds. The Balaban J connectivity index is 2.64. The molecule has 0 saturated carbocycles. The third-order valence-corrected chi connectivity index (χ3v) is 1.89. The molecule has 0 saturated heterocycles. The lowest BCUT2D eigenvalue weighted by Crippen LogP contribution is -2.12. The Morgan fingerprint density at radius 1 is 1.53 bits per heavy atom. The van der Waals surface area contributed by atoms with Crippen molar-refractivity contribution in [3.8, 4) is 0 Å². The predicted molar refractivity (Wildman–Crippen MR) is 52.3 cm³/mol. The summed E-state index contributed by atoms with van der Waals surface area (Å²) in [5, 5.41) is 0.506. The number of halogens is 3. The Labute approximate surface area is 88.8 Å². The number of aromatic nitrogens is 2. The van der Waals surface area contributed by atoms with E-state index in [1.807, 2.05) is 0 Å². The number of hydrogen-bond donors (Lipinski definition) is 0. The van der Waals surface area contributed by atoms with Crippen LogP contribution in [0.4, 0.5) is 13.2 Å². The molecule has 3 nitrogen and oxygen atoms in total. The first-order chi connectivity index (χ1) is 7.01. The molecule has 82 valence electrons. The molecule has 0 N–H and O–H groups in total. The van der Waals surface area contributed by atoms with Gasteiger partial charge in [-0.1, -0.05) is 11.8 Å². The zero-order valence-electron chi connectivity index (χ0n) is 7.82. The van der Waals surface area contributed by atoms with Crippen molar-refractivity contribution in [3.05, 3.63) is 18.0 Å². The lowest BCUT2D eigenvalue weighted by Gasteiger charge is -2.00. The highest BCUT2D eigenvalue weighted by atomic mass is 32.2. The van der Waals surface area contributed by atoms with E-state index in [1.165, 1.54) is 24.0 Å². The fourth-order valence-electron chi connectivity index (χ4n) is 0.767. The predicted octanol–water partition coefficient (Wildman–Crippen LogP) is 2.18. The summed E-state index contributed by atoms with van der Waals surface area (Å²) in [5.41, 5.74) is 0.374. The van der Waals surface area contributed by atoms with E-state index in [2.05, 4.69) is 15.0 Å². The highest BCUT2D eigenvalue weighted by Crippen LogP contribution is 2.14. The molecule has 0 aliphatic rings.